The largest absolute Gasteiger partial charge is 0.328 e. The van der Waals surface area contributed by atoms with Crippen molar-refractivity contribution in [1.29, 1.82) is 0 Å². The highest BCUT2D eigenvalue weighted by molar-refractivity contribution is 4.90. The van der Waals surface area contributed by atoms with Crippen molar-refractivity contribution < 1.29 is 0 Å². The average Bonchev–Trinajstić information content (AvgIpc) is 2.04. The van der Waals surface area contributed by atoms with Gasteiger partial charge < -0.3 is 5.73 Å². The molecule has 1 aliphatic carbocycles. The molecule has 0 aromatic rings. The second kappa shape index (κ2) is 4.55. The van der Waals surface area contributed by atoms with Crippen molar-refractivity contribution in [1.82, 2.24) is 0 Å². The summed E-state index contributed by atoms with van der Waals surface area (Å²) in [5, 5.41) is 0. The lowest BCUT2D eigenvalue weighted by Gasteiger charge is -2.23. The Balaban J connectivity index is 2.22. The molecule has 0 bridgehead atoms. The highest BCUT2D eigenvalue weighted by Crippen LogP contribution is 2.23. The maximum absolute atomic E-state index is 5.80. The fraction of sp³-hybridized carbons (Fsp3) is 0.800. The second-order valence-corrected chi connectivity index (χ2v) is 3.51. The fourth-order valence-corrected chi connectivity index (χ4v) is 1.67. The molecule has 0 spiro atoms. The zero-order valence-electron chi connectivity index (χ0n) is 7.42. The predicted octanol–water partition coefficient (Wildman–Crippen LogP) is 2.47. The summed E-state index contributed by atoms with van der Waals surface area (Å²) in [5.74, 6) is 0.828. The van der Waals surface area contributed by atoms with Crippen molar-refractivity contribution >= 4 is 0 Å². The zero-order valence-corrected chi connectivity index (χ0v) is 7.42. The van der Waals surface area contributed by atoms with Crippen LogP contribution in [-0.2, 0) is 0 Å². The third-order valence-electron chi connectivity index (χ3n) is 2.46. The van der Waals surface area contributed by atoms with Crippen molar-refractivity contribution in [3.63, 3.8) is 0 Å². The number of rotatable bonds is 2. The van der Waals surface area contributed by atoms with E-state index in [1.165, 1.54) is 32.1 Å². The second-order valence-electron chi connectivity index (χ2n) is 3.51. The molecule has 11 heavy (non-hydrogen) atoms. The highest BCUT2D eigenvalue weighted by atomic mass is 14.6. The van der Waals surface area contributed by atoms with E-state index in [2.05, 4.69) is 19.1 Å². The van der Waals surface area contributed by atoms with E-state index in [1.807, 2.05) is 0 Å². The Morgan fingerprint density at radius 2 is 1.91 bits per heavy atom. The molecule has 0 aromatic heterocycles. The van der Waals surface area contributed by atoms with Crippen LogP contribution in [0, 0.1) is 5.92 Å². The minimum absolute atomic E-state index is 0.487. The van der Waals surface area contributed by atoms with Crippen LogP contribution in [0.2, 0.25) is 0 Å². The van der Waals surface area contributed by atoms with Gasteiger partial charge in [0.15, 0.2) is 0 Å². The molecule has 0 amide bonds. The topological polar surface area (TPSA) is 26.0 Å². The molecule has 0 atom stereocenters. The average molecular weight is 153 g/mol. The minimum atomic E-state index is 0.487. The third kappa shape index (κ3) is 3.06. The van der Waals surface area contributed by atoms with Gasteiger partial charge in [0.2, 0.25) is 0 Å². The van der Waals surface area contributed by atoms with E-state index in [-0.39, 0.29) is 0 Å². The Kier molecular flexibility index (Phi) is 3.64. The first-order valence-electron chi connectivity index (χ1n) is 4.75. The summed E-state index contributed by atoms with van der Waals surface area (Å²) >= 11 is 0. The molecule has 64 valence electrons. The molecule has 1 saturated carbocycles. The summed E-state index contributed by atoms with van der Waals surface area (Å²) in [6.07, 6.45) is 10.9. The lowest BCUT2D eigenvalue weighted by atomic mass is 9.86. The van der Waals surface area contributed by atoms with Gasteiger partial charge in [0.1, 0.15) is 0 Å². The van der Waals surface area contributed by atoms with E-state index in [1.54, 1.807) is 0 Å². The first-order chi connectivity index (χ1) is 5.33. The van der Waals surface area contributed by atoms with E-state index < -0.39 is 0 Å². The SMILES string of the molecule is CC/C=C/[C@H]1CC[C@@H](N)CC1. The summed E-state index contributed by atoms with van der Waals surface area (Å²) in [6.45, 7) is 2.19. The summed E-state index contributed by atoms with van der Waals surface area (Å²) in [6, 6.07) is 0.487. The van der Waals surface area contributed by atoms with Crippen molar-refractivity contribution in [3.8, 4) is 0 Å². The van der Waals surface area contributed by atoms with Crippen LogP contribution in [0.4, 0.5) is 0 Å². The fourth-order valence-electron chi connectivity index (χ4n) is 1.67. The van der Waals surface area contributed by atoms with Crippen molar-refractivity contribution in [2.45, 2.75) is 45.1 Å². The summed E-state index contributed by atoms with van der Waals surface area (Å²) < 4.78 is 0. The molecule has 0 aromatic carbocycles. The number of allylic oxidation sites excluding steroid dienone is 2. The minimum Gasteiger partial charge on any atom is -0.328 e. The molecule has 1 heteroatoms. The zero-order chi connectivity index (χ0) is 8.10. The number of hydrogen-bond donors (Lipinski definition) is 1. The Hall–Kier alpha value is -0.300. The maximum atomic E-state index is 5.80. The van der Waals surface area contributed by atoms with E-state index in [4.69, 9.17) is 5.73 Å². The third-order valence-corrected chi connectivity index (χ3v) is 2.46. The lowest BCUT2D eigenvalue weighted by Crippen LogP contribution is -2.25. The summed E-state index contributed by atoms with van der Waals surface area (Å²) in [5.41, 5.74) is 5.80. The predicted molar refractivity (Wildman–Crippen MR) is 49.4 cm³/mol. The van der Waals surface area contributed by atoms with Crippen LogP contribution >= 0.6 is 0 Å². The molecule has 1 aliphatic rings. The van der Waals surface area contributed by atoms with E-state index in [9.17, 15) is 0 Å². The van der Waals surface area contributed by atoms with Gasteiger partial charge in [-0.1, -0.05) is 19.1 Å². The summed E-state index contributed by atoms with van der Waals surface area (Å²) in [7, 11) is 0. The van der Waals surface area contributed by atoms with Crippen LogP contribution in [-0.4, -0.2) is 6.04 Å². The normalized spacial score (nSPS) is 32.9. The molecule has 0 unspecified atom stereocenters. The van der Waals surface area contributed by atoms with Gasteiger partial charge in [0.05, 0.1) is 0 Å². The van der Waals surface area contributed by atoms with Gasteiger partial charge in [-0.15, -0.1) is 0 Å². The van der Waals surface area contributed by atoms with Gasteiger partial charge in [-0.25, -0.2) is 0 Å². The van der Waals surface area contributed by atoms with Gasteiger partial charge >= 0.3 is 0 Å². The van der Waals surface area contributed by atoms with Gasteiger partial charge in [-0.2, -0.15) is 0 Å². The van der Waals surface area contributed by atoms with E-state index in [0.29, 0.717) is 6.04 Å². The Bertz CT molecular complexity index is 121. The maximum Gasteiger partial charge on any atom is 0.00392 e. The number of nitrogens with two attached hydrogens (primary N) is 1. The van der Waals surface area contributed by atoms with E-state index in [0.717, 1.165) is 5.92 Å². The molecule has 1 fully saturated rings. The molecule has 0 saturated heterocycles. The molecule has 0 heterocycles. The smallest absolute Gasteiger partial charge is 0.00392 e. The van der Waals surface area contributed by atoms with E-state index >= 15 is 0 Å². The van der Waals surface area contributed by atoms with Crippen molar-refractivity contribution in [2.75, 3.05) is 0 Å². The Morgan fingerprint density at radius 1 is 1.27 bits per heavy atom. The van der Waals surface area contributed by atoms with Crippen LogP contribution in [0.25, 0.3) is 0 Å². The standard InChI is InChI=1S/C10H19N/c1-2-3-4-9-5-7-10(11)8-6-9/h3-4,9-10H,2,5-8,11H2,1H3/b4-3+/t9-,10+. The molecule has 0 radical (unpaired) electrons. The van der Waals surface area contributed by atoms with Crippen molar-refractivity contribution in [3.05, 3.63) is 12.2 Å². The monoisotopic (exact) mass is 153 g/mol. The van der Waals surface area contributed by atoms with Crippen LogP contribution in [0.3, 0.4) is 0 Å². The Morgan fingerprint density at radius 3 is 2.45 bits per heavy atom. The van der Waals surface area contributed by atoms with Gasteiger partial charge in [0, 0.05) is 6.04 Å². The molecular formula is C10H19N. The first kappa shape index (κ1) is 8.79. The lowest BCUT2D eigenvalue weighted by molar-refractivity contribution is 0.375. The Labute approximate surface area is 69.7 Å². The van der Waals surface area contributed by atoms with Crippen molar-refractivity contribution in [2.24, 2.45) is 11.7 Å². The van der Waals surface area contributed by atoms with Crippen LogP contribution in [0.1, 0.15) is 39.0 Å². The first-order valence-corrected chi connectivity index (χ1v) is 4.75. The van der Waals surface area contributed by atoms with Gasteiger partial charge in [-0.3, -0.25) is 0 Å². The van der Waals surface area contributed by atoms with Crippen LogP contribution in [0.15, 0.2) is 12.2 Å². The number of hydrogen-bond acceptors (Lipinski definition) is 1. The molecule has 0 aliphatic heterocycles. The van der Waals surface area contributed by atoms with Gasteiger partial charge in [-0.05, 0) is 38.0 Å². The van der Waals surface area contributed by atoms with Crippen LogP contribution in [0.5, 0.6) is 0 Å². The quantitative estimate of drug-likeness (QED) is 0.606. The molecular weight excluding hydrogens is 134 g/mol. The van der Waals surface area contributed by atoms with Crippen LogP contribution < -0.4 is 5.73 Å². The molecule has 2 N–H and O–H groups in total. The molecule has 1 nitrogen and oxygen atoms in total. The summed E-state index contributed by atoms with van der Waals surface area (Å²) in [4.78, 5) is 0. The van der Waals surface area contributed by atoms with Gasteiger partial charge in [0.25, 0.3) is 0 Å². The highest BCUT2D eigenvalue weighted by Gasteiger charge is 2.15. The molecule has 1 rings (SSSR count).